The predicted octanol–water partition coefficient (Wildman–Crippen LogP) is 3.65. The van der Waals surface area contributed by atoms with Crippen molar-refractivity contribution in [2.75, 3.05) is 17.2 Å². The van der Waals surface area contributed by atoms with Gasteiger partial charge >= 0.3 is 0 Å². The number of nitrogens with two attached hydrogens (primary N) is 1. The van der Waals surface area contributed by atoms with E-state index in [1.807, 2.05) is 6.07 Å². The first-order valence-corrected chi connectivity index (χ1v) is 13.7. The Morgan fingerprint density at radius 1 is 1.14 bits per heavy atom. The SMILES string of the molecule is CC(C)COc1cncc(-c2ccc(C(=O)NS(=O)(=O)c3cccc(N)n3)c(N3[C@H](C)CC[C@@H]3C)n2)c1. The zero-order chi connectivity index (χ0) is 26.7. The average Bonchev–Trinajstić information content (AvgIpc) is 3.19. The highest BCUT2D eigenvalue weighted by Gasteiger charge is 2.33. The normalized spacial score (nSPS) is 17.7. The third-order valence-corrected chi connectivity index (χ3v) is 7.39. The summed E-state index contributed by atoms with van der Waals surface area (Å²) in [5.74, 6) is 0.645. The summed E-state index contributed by atoms with van der Waals surface area (Å²) in [7, 11) is -4.24. The van der Waals surface area contributed by atoms with Crippen molar-refractivity contribution in [3.8, 4) is 17.0 Å². The molecule has 1 fully saturated rings. The molecule has 0 radical (unpaired) electrons. The summed E-state index contributed by atoms with van der Waals surface area (Å²) >= 11 is 0. The van der Waals surface area contributed by atoms with E-state index in [2.05, 4.69) is 47.3 Å². The van der Waals surface area contributed by atoms with Gasteiger partial charge in [-0.1, -0.05) is 19.9 Å². The van der Waals surface area contributed by atoms with Crippen LogP contribution < -0.4 is 20.1 Å². The Labute approximate surface area is 217 Å². The zero-order valence-corrected chi connectivity index (χ0v) is 22.2. The molecule has 1 saturated heterocycles. The van der Waals surface area contributed by atoms with E-state index < -0.39 is 15.9 Å². The number of aromatic nitrogens is 3. The highest BCUT2D eigenvalue weighted by Crippen LogP contribution is 2.34. The first kappa shape index (κ1) is 26.3. The molecule has 0 bridgehead atoms. The molecular weight excluding hydrogens is 492 g/mol. The topological polar surface area (TPSA) is 140 Å². The second-order valence-electron chi connectivity index (χ2n) is 9.70. The number of hydrogen-bond acceptors (Lipinski definition) is 9. The van der Waals surface area contributed by atoms with Gasteiger partial charge in [0.2, 0.25) is 0 Å². The molecule has 4 rings (SSSR count). The summed E-state index contributed by atoms with van der Waals surface area (Å²) in [6.45, 7) is 8.82. The number of nitrogen functional groups attached to an aromatic ring is 1. The van der Waals surface area contributed by atoms with E-state index in [-0.39, 0.29) is 28.5 Å². The number of carbonyl (C=O) groups is 1. The molecule has 2 atom stereocenters. The van der Waals surface area contributed by atoms with Gasteiger partial charge in [-0.05, 0) is 62.9 Å². The lowest BCUT2D eigenvalue weighted by Crippen LogP contribution is -2.37. The molecule has 1 aliphatic rings. The third kappa shape index (κ3) is 5.99. The first-order valence-electron chi connectivity index (χ1n) is 12.2. The molecule has 0 saturated carbocycles. The van der Waals surface area contributed by atoms with Gasteiger partial charge in [-0.25, -0.2) is 14.7 Å². The van der Waals surface area contributed by atoms with Crippen LogP contribution in [-0.4, -0.2) is 48.0 Å². The molecule has 1 aliphatic heterocycles. The van der Waals surface area contributed by atoms with Gasteiger partial charge in [0.15, 0.2) is 5.03 Å². The van der Waals surface area contributed by atoms with Gasteiger partial charge in [-0.3, -0.25) is 9.78 Å². The van der Waals surface area contributed by atoms with Crippen LogP contribution in [0.25, 0.3) is 11.3 Å². The lowest BCUT2D eigenvalue weighted by Gasteiger charge is -2.29. The second kappa shape index (κ2) is 10.7. The third-order valence-electron chi connectivity index (χ3n) is 6.16. The van der Waals surface area contributed by atoms with Gasteiger partial charge in [0.1, 0.15) is 17.4 Å². The lowest BCUT2D eigenvalue weighted by molar-refractivity contribution is 0.0981. The Balaban J connectivity index is 1.72. The summed E-state index contributed by atoms with van der Waals surface area (Å²) in [5.41, 5.74) is 7.11. The molecule has 0 unspecified atom stereocenters. The van der Waals surface area contributed by atoms with E-state index in [4.69, 9.17) is 15.5 Å². The monoisotopic (exact) mass is 524 g/mol. The van der Waals surface area contributed by atoms with E-state index in [1.54, 1.807) is 24.5 Å². The summed E-state index contributed by atoms with van der Waals surface area (Å²) < 4.78 is 33.7. The number of anilines is 2. The van der Waals surface area contributed by atoms with Gasteiger partial charge in [0.05, 0.1) is 24.1 Å². The van der Waals surface area contributed by atoms with Crippen LogP contribution in [0.1, 0.15) is 50.9 Å². The summed E-state index contributed by atoms with van der Waals surface area (Å²) in [5, 5.41) is -0.334. The van der Waals surface area contributed by atoms with Crippen LogP contribution in [0, 0.1) is 5.92 Å². The van der Waals surface area contributed by atoms with Crippen molar-refractivity contribution >= 4 is 27.6 Å². The van der Waals surface area contributed by atoms with Crippen molar-refractivity contribution in [2.45, 2.75) is 57.6 Å². The van der Waals surface area contributed by atoms with Crippen LogP contribution >= 0.6 is 0 Å². The molecule has 37 heavy (non-hydrogen) atoms. The number of rotatable bonds is 8. The smallest absolute Gasteiger partial charge is 0.281 e. The molecular formula is C26H32N6O4S. The number of sulfonamides is 1. The Bertz CT molecular complexity index is 1390. The van der Waals surface area contributed by atoms with Gasteiger partial charge in [0, 0.05) is 23.8 Å². The highest BCUT2D eigenvalue weighted by molar-refractivity contribution is 7.90. The molecule has 4 heterocycles. The van der Waals surface area contributed by atoms with Crippen LogP contribution in [0.15, 0.2) is 53.8 Å². The minimum absolute atomic E-state index is 0.0370. The Morgan fingerprint density at radius 2 is 1.86 bits per heavy atom. The van der Waals surface area contributed by atoms with E-state index in [0.29, 0.717) is 29.8 Å². The van der Waals surface area contributed by atoms with Crippen LogP contribution in [0.2, 0.25) is 0 Å². The fraction of sp³-hybridized carbons (Fsp3) is 0.385. The molecule has 11 heteroatoms. The second-order valence-corrected chi connectivity index (χ2v) is 11.3. The fourth-order valence-corrected chi connectivity index (χ4v) is 5.25. The minimum Gasteiger partial charge on any atom is -0.492 e. The van der Waals surface area contributed by atoms with Crippen molar-refractivity contribution in [3.05, 3.63) is 54.4 Å². The predicted molar refractivity (Wildman–Crippen MR) is 142 cm³/mol. The van der Waals surface area contributed by atoms with Crippen LogP contribution in [0.4, 0.5) is 11.6 Å². The maximum absolute atomic E-state index is 13.3. The number of hydrogen-bond donors (Lipinski definition) is 2. The Morgan fingerprint density at radius 3 is 2.54 bits per heavy atom. The van der Waals surface area contributed by atoms with Gasteiger partial charge < -0.3 is 15.4 Å². The number of ether oxygens (including phenoxy) is 1. The lowest BCUT2D eigenvalue weighted by atomic mass is 10.1. The molecule has 3 aromatic rings. The van der Waals surface area contributed by atoms with Crippen LogP contribution in [0.3, 0.4) is 0 Å². The molecule has 3 N–H and O–H groups in total. The van der Waals surface area contributed by atoms with E-state index in [1.165, 1.54) is 18.2 Å². The zero-order valence-electron chi connectivity index (χ0n) is 21.4. The largest absolute Gasteiger partial charge is 0.492 e. The average molecular weight is 525 g/mol. The maximum Gasteiger partial charge on any atom is 0.281 e. The van der Waals surface area contributed by atoms with E-state index in [0.717, 1.165) is 18.4 Å². The van der Waals surface area contributed by atoms with Crippen LogP contribution in [-0.2, 0) is 10.0 Å². The highest BCUT2D eigenvalue weighted by atomic mass is 32.2. The quantitative estimate of drug-likeness (QED) is 0.452. The van der Waals surface area contributed by atoms with Crippen molar-refractivity contribution in [2.24, 2.45) is 5.92 Å². The molecule has 3 aromatic heterocycles. The molecule has 1 amide bonds. The summed E-state index contributed by atoms with van der Waals surface area (Å²) in [4.78, 5) is 28.3. The van der Waals surface area contributed by atoms with Gasteiger partial charge in [-0.15, -0.1) is 0 Å². The van der Waals surface area contributed by atoms with Crippen molar-refractivity contribution in [1.82, 2.24) is 19.7 Å². The molecule has 0 aromatic carbocycles. The van der Waals surface area contributed by atoms with E-state index in [9.17, 15) is 13.2 Å². The molecule has 196 valence electrons. The molecule has 0 aliphatic carbocycles. The van der Waals surface area contributed by atoms with Gasteiger partial charge in [0.25, 0.3) is 15.9 Å². The van der Waals surface area contributed by atoms with E-state index >= 15 is 0 Å². The Kier molecular flexibility index (Phi) is 7.63. The minimum atomic E-state index is -4.24. The number of amides is 1. The van der Waals surface area contributed by atoms with Crippen molar-refractivity contribution in [3.63, 3.8) is 0 Å². The van der Waals surface area contributed by atoms with Crippen molar-refractivity contribution in [1.29, 1.82) is 0 Å². The molecule has 0 spiro atoms. The Hall–Kier alpha value is -3.73. The van der Waals surface area contributed by atoms with Crippen LogP contribution in [0.5, 0.6) is 5.75 Å². The first-order chi connectivity index (χ1) is 17.5. The number of carbonyl (C=O) groups excluding carboxylic acids is 1. The summed E-state index contributed by atoms with van der Waals surface area (Å²) in [6.07, 6.45) is 5.19. The molecule has 10 nitrogen and oxygen atoms in total. The summed E-state index contributed by atoms with van der Waals surface area (Å²) in [6, 6.07) is 9.58. The standard InChI is InChI=1S/C26H32N6O4S/c1-16(2)15-36-20-12-19(13-28-14-20)22-11-10-21(25(29-22)32-17(3)8-9-18(32)4)26(33)31-37(34,35)24-7-5-6-23(27)30-24/h5-7,10-14,16-18H,8-9,15H2,1-4H3,(H2,27,30)(H,31,33)/t17-,18+. The maximum atomic E-state index is 13.3. The fourth-order valence-electron chi connectivity index (χ4n) is 4.31. The van der Waals surface area contributed by atoms with Crippen molar-refractivity contribution < 1.29 is 17.9 Å². The number of pyridine rings is 3. The van der Waals surface area contributed by atoms with Gasteiger partial charge in [-0.2, -0.15) is 8.42 Å². The number of nitrogens with one attached hydrogen (secondary N) is 1. The number of nitrogens with zero attached hydrogens (tertiary/aromatic N) is 4.